The number of hydrogen-bond acceptors (Lipinski definition) is 4. The van der Waals surface area contributed by atoms with Gasteiger partial charge in [-0.15, -0.1) is 0 Å². The number of para-hydroxylation sites is 1. The predicted molar refractivity (Wildman–Crippen MR) is 80.0 cm³/mol. The van der Waals surface area contributed by atoms with Crippen LogP contribution in [0, 0.1) is 10.1 Å². The van der Waals surface area contributed by atoms with Crippen LogP contribution in [0.15, 0.2) is 53.5 Å². The lowest BCUT2D eigenvalue weighted by Gasteiger charge is -2.22. The van der Waals surface area contributed by atoms with Crippen molar-refractivity contribution in [3.05, 3.63) is 69.8 Å². The fraction of sp³-hybridized carbons (Fsp3) is 0.188. The molecule has 2 aromatic rings. The van der Waals surface area contributed by atoms with Crippen LogP contribution in [0.25, 0.3) is 0 Å². The van der Waals surface area contributed by atoms with Crippen LogP contribution in [0.5, 0.6) is 5.75 Å². The molecule has 106 valence electrons. The van der Waals surface area contributed by atoms with Crippen molar-refractivity contribution in [1.82, 2.24) is 0 Å². The zero-order chi connectivity index (χ0) is 14.7. The Bertz CT molecular complexity index is 697. The molecule has 0 fully saturated rings. The number of aliphatic imine (C=N–C) groups is 1. The Kier molecular flexibility index (Phi) is 3.64. The van der Waals surface area contributed by atoms with Gasteiger partial charge in [0, 0.05) is 30.3 Å². The second-order valence-electron chi connectivity index (χ2n) is 4.82. The van der Waals surface area contributed by atoms with Crippen LogP contribution in [-0.4, -0.2) is 17.7 Å². The summed E-state index contributed by atoms with van der Waals surface area (Å²) in [5.74, 6) is 0.866. The molecule has 0 aliphatic carbocycles. The molecule has 1 unspecified atom stereocenters. The molecule has 21 heavy (non-hydrogen) atoms. The van der Waals surface area contributed by atoms with E-state index < -0.39 is 4.92 Å². The standard InChI is InChI=1S/C16H14N2O3/c19-18(20)13-5-3-4-12(10-13)11-17-15-8-9-21-16-7-2-1-6-14(15)16/h1-7,10-11,15H,8-9H2. The molecule has 1 heterocycles. The summed E-state index contributed by atoms with van der Waals surface area (Å²) in [5, 5.41) is 10.8. The summed E-state index contributed by atoms with van der Waals surface area (Å²) < 4.78 is 5.59. The molecule has 0 radical (unpaired) electrons. The summed E-state index contributed by atoms with van der Waals surface area (Å²) in [5.41, 5.74) is 1.87. The highest BCUT2D eigenvalue weighted by atomic mass is 16.6. The summed E-state index contributed by atoms with van der Waals surface area (Å²) in [6.07, 6.45) is 2.50. The topological polar surface area (TPSA) is 64.7 Å². The summed E-state index contributed by atoms with van der Waals surface area (Å²) in [6, 6.07) is 14.3. The summed E-state index contributed by atoms with van der Waals surface area (Å²) in [6.45, 7) is 0.633. The lowest BCUT2D eigenvalue weighted by molar-refractivity contribution is -0.384. The summed E-state index contributed by atoms with van der Waals surface area (Å²) in [4.78, 5) is 14.9. The molecular weight excluding hydrogens is 268 g/mol. The average molecular weight is 282 g/mol. The maximum Gasteiger partial charge on any atom is 0.270 e. The molecule has 0 saturated heterocycles. The highest BCUT2D eigenvalue weighted by molar-refractivity contribution is 5.80. The van der Waals surface area contributed by atoms with Crippen molar-refractivity contribution < 1.29 is 9.66 Å². The normalized spacial score (nSPS) is 17.2. The quantitative estimate of drug-likeness (QED) is 0.491. The van der Waals surface area contributed by atoms with E-state index >= 15 is 0 Å². The van der Waals surface area contributed by atoms with Crippen molar-refractivity contribution in [3.63, 3.8) is 0 Å². The Balaban J connectivity index is 1.84. The van der Waals surface area contributed by atoms with Crippen LogP contribution in [-0.2, 0) is 0 Å². The van der Waals surface area contributed by atoms with E-state index in [1.54, 1.807) is 12.3 Å². The highest BCUT2D eigenvalue weighted by Gasteiger charge is 2.19. The SMILES string of the molecule is O=[N+]([O-])c1cccc(C=NC2CCOc3ccccc32)c1. The molecule has 5 heteroatoms. The fourth-order valence-corrected chi connectivity index (χ4v) is 2.37. The molecule has 0 spiro atoms. The number of ether oxygens (including phenoxy) is 1. The summed E-state index contributed by atoms with van der Waals surface area (Å²) in [7, 11) is 0. The predicted octanol–water partition coefficient (Wildman–Crippen LogP) is 3.54. The molecule has 2 aromatic carbocycles. The third-order valence-electron chi connectivity index (χ3n) is 3.41. The van der Waals surface area contributed by atoms with E-state index in [1.165, 1.54) is 12.1 Å². The van der Waals surface area contributed by atoms with Gasteiger partial charge in [0.05, 0.1) is 17.6 Å². The molecule has 0 bridgehead atoms. The average Bonchev–Trinajstić information content (AvgIpc) is 2.53. The molecule has 0 saturated carbocycles. The molecule has 0 aromatic heterocycles. The van der Waals surface area contributed by atoms with Crippen LogP contribution in [0.4, 0.5) is 5.69 Å². The van der Waals surface area contributed by atoms with Gasteiger partial charge in [-0.2, -0.15) is 0 Å². The van der Waals surface area contributed by atoms with Crippen LogP contribution in [0.1, 0.15) is 23.6 Å². The first-order valence-corrected chi connectivity index (χ1v) is 6.73. The number of nitro benzene ring substituents is 1. The first-order chi connectivity index (χ1) is 10.2. The first kappa shape index (κ1) is 13.3. The fourth-order valence-electron chi connectivity index (χ4n) is 2.37. The summed E-state index contributed by atoms with van der Waals surface area (Å²) >= 11 is 0. The zero-order valence-corrected chi connectivity index (χ0v) is 11.3. The minimum atomic E-state index is -0.402. The van der Waals surface area contributed by atoms with Gasteiger partial charge in [0.15, 0.2) is 0 Å². The third-order valence-corrected chi connectivity index (χ3v) is 3.41. The maximum absolute atomic E-state index is 10.8. The molecule has 1 aliphatic heterocycles. The maximum atomic E-state index is 10.8. The van der Waals surface area contributed by atoms with Crippen molar-refractivity contribution in [2.75, 3.05) is 6.61 Å². The number of benzene rings is 2. The van der Waals surface area contributed by atoms with Crippen LogP contribution >= 0.6 is 0 Å². The number of non-ortho nitro benzene ring substituents is 1. The monoisotopic (exact) mass is 282 g/mol. The second kappa shape index (κ2) is 5.75. The number of nitro groups is 1. The smallest absolute Gasteiger partial charge is 0.270 e. The van der Waals surface area contributed by atoms with E-state index in [2.05, 4.69) is 4.99 Å². The third kappa shape index (κ3) is 2.91. The number of nitrogens with zero attached hydrogens (tertiary/aromatic N) is 2. The number of rotatable bonds is 3. The lowest BCUT2D eigenvalue weighted by Crippen LogP contribution is -2.12. The van der Waals surface area contributed by atoms with Gasteiger partial charge in [0.1, 0.15) is 5.75 Å². The molecule has 0 amide bonds. The Morgan fingerprint density at radius 3 is 2.95 bits per heavy atom. The second-order valence-corrected chi connectivity index (χ2v) is 4.82. The van der Waals surface area contributed by atoms with Gasteiger partial charge in [0.2, 0.25) is 0 Å². The Hall–Kier alpha value is -2.69. The van der Waals surface area contributed by atoms with Gasteiger partial charge in [-0.1, -0.05) is 30.3 Å². The van der Waals surface area contributed by atoms with Crippen LogP contribution in [0.2, 0.25) is 0 Å². The van der Waals surface area contributed by atoms with Crippen molar-refractivity contribution in [2.24, 2.45) is 4.99 Å². The van der Waals surface area contributed by atoms with Gasteiger partial charge < -0.3 is 4.74 Å². The van der Waals surface area contributed by atoms with Crippen molar-refractivity contribution in [1.29, 1.82) is 0 Å². The minimum Gasteiger partial charge on any atom is -0.493 e. The minimum absolute atomic E-state index is 0.0363. The van der Waals surface area contributed by atoms with Crippen molar-refractivity contribution >= 4 is 11.9 Å². The van der Waals surface area contributed by atoms with Gasteiger partial charge in [-0.3, -0.25) is 15.1 Å². The van der Waals surface area contributed by atoms with Gasteiger partial charge in [-0.25, -0.2) is 0 Å². The number of hydrogen-bond donors (Lipinski definition) is 0. The Labute approximate surface area is 122 Å². The molecule has 1 atom stereocenters. The first-order valence-electron chi connectivity index (χ1n) is 6.73. The Morgan fingerprint density at radius 2 is 2.10 bits per heavy atom. The van der Waals surface area contributed by atoms with E-state index in [1.807, 2.05) is 30.3 Å². The van der Waals surface area contributed by atoms with Crippen molar-refractivity contribution in [3.8, 4) is 5.75 Å². The van der Waals surface area contributed by atoms with Crippen LogP contribution in [0.3, 0.4) is 0 Å². The molecule has 0 N–H and O–H groups in total. The van der Waals surface area contributed by atoms with E-state index in [0.29, 0.717) is 6.61 Å². The molecule has 1 aliphatic rings. The van der Waals surface area contributed by atoms with Crippen molar-refractivity contribution in [2.45, 2.75) is 12.5 Å². The zero-order valence-electron chi connectivity index (χ0n) is 11.3. The highest BCUT2D eigenvalue weighted by Crippen LogP contribution is 2.34. The van der Waals surface area contributed by atoms with Crippen LogP contribution < -0.4 is 4.74 Å². The lowest BCUT2D eigenvalue weighted by atomic mass is 10.0. The molecular formula is C16H14N2O3. The van der Waals surface area contributed by atoms with Gasteiger partial charge in [-0.05, 0) is 11.6 Å². The van der Waals surface area contributed by atoms with E-state index in [4.69, 9.17) is 4.74 Å². The molecule has 5 nitrogen and oxygen atoms in total. The Morgan fingerprint density at radius 1 is 1.24 bits per heavy atom. The van der Waals surface area contributed by atoms with E-state index in [9.17, 15) is 10.1 Å². The largest absolute Gasteiger partial charge is 0.493 e. The van der Waals surface area contributed by atoms with Gasteiger partial charge >= 0.3 is 0 Å². The van der Waals surface area contributed by atoms with E-state index in [0.717, 1.165) is 23.3 Å². The van der Waals surface area contributed by atoms with E-state index in [-0.39, 0.29) is 11.7 Å². The number of fused-ring (bicyclic) bond motifs is 1. The molecule has 3 rings (SSSR count). The van der Waals surface area contributed by atoms with Gasteiger partial charge in [0.25, 0.3) is 5.69 Å².